The second-order valence-electron chi connectivity index (χ2n) is 7.62. The van der Waals surface area contributed by atoms with Crippen LogP contribution in [0, 0.1) is 5.92 Å². The van der Waals surface area contributed by atoms with Gasteiger partial charge in [-0.3, -0.25) is 9.69 Å². The van der Waals surface area contributed by atoms with E-state index < -0.39 is 0 Å². The maximum Gasteiger partial charge on any atom is 0.312 e. The quantitative estimate of drug-likeness (QED) is 0.755. The van der Waals surface area contributed by atoms with Crippen molar-refractivity contribution in [2.45, 2.75) is 43.6 Å². The predicted molar refractivity (Wildman–Crippen MR) is 104 cm³/mol. The minimum Gasteiger partial charge on any atom is -0.469 e. The zero-order valence-electron chi connectivity index (χ0n) is 16.0. The first-order chi connectivity index (χ1) is 13.2. The number of piperidine rings is 1. The van der Waals surface area contributed by atoms with Crippen molar-refractivity contribution >= 4 is 5.97 Å². The van der Waals surface area contributed by atoms with Gasteiger partial charge in [-0.2, -0.15) is 0 Å². The number of hydrogen-bond donors (Lipinski definition) is 0. The summed E-state index contributed by atoms with van der Waals surface area (Å²) in [6.07, 6.45) is 2.69. The monoisotopic (exact) mass is 365 g/mol. The second kappa shape index (κ2) is 7.83. The zero-order valence-corrected chi connectivity index (χ0v) is 16.0. The Kier molecular flexibility index (Phi) is 5.28. The van der Waals surface area contributed by atoms with Gasteiger partial charge in [0.25, 0.3) is 0 Å². The molecule has 2 aliphatic heterocycles. The van der Waals surface area contributed by atoms with Gasteiger partial charge in [0, 0.05) is 12.1 Å². The largest absolute Gasteiger partial charge is 0.469 e. The molecule has 0 aliphatic carbocycles. The summed E-state index contributed by atoms with van der Waals surface area (Å²) in [5.41, 5.74) is 2.22. The first-order valence-electron chi connectivity index (χ1n) is 9.74. The normalized spacial score (nSPS) is 27.7. The van der Waals surface area contributed by atoms with E-state index in [4.69, 9.17) is 9.47 Å². The summed E-state index contributed by atoms with van der Waals surface area (Å²) >= 11 is 0. The maximum absolute atomic E-state index is 12.6. The van der Waals surface area contributed by atoms with Crippen molar-refractivity contribution in [2.24, 2.45) is 5.92 Å². The molecule has 2 fully saturated rings. The number of carbonyl (C=O) groups excluding carboxylic acids is 1. The average molecular weight is 365 g/mol. The number of methoxy groups -OCH3 is 1. The van der Waals surface area contributed by atoms with E-state index in [-0.39, 0.29) is 30.1 Å². The molecule has 2 saturated heterocycles. The van der Waals surface area contributed by atoms with Crippen LogP contribution in [-0.2, 0) is 14.3 Å². The Morgan fingerprint density at radius 3 is 2.15 bits per heavy atom. The van der Waals surface area contributed by atoms with Gasteiger partial charge < -0.3 is 9.47 Å². The number of benzene rings is 2. The summed E-state index contributed by atoms with van der Waals surface area (Å²) in [6.45, 7) is 0. The van der Waals surface area contributed by atoms with Crippen LogP contribution in [0.15, 0.2) is 60.7 Å². The fourth-order valence-corrected chi connectivity index (χ4v) is 4.79. The Morgan fingerprint density at radius 1 is 1.00 bits per heavy atom. The molecule has 27 heavy (non-hydrogen) atoms. The van der Waals surface area contributed by atoms with Crippen molar-refractivity contribution in [3.63, 3.8) is 0 Å². The number of fused-ring (bicyclic) bond motifs is 2. The van der Waals surface area contributed by atoms with E-state index in [1.807, 2.05) is 36.4 Å². The number of hydrogen-bond acceptors (Lipinski definition) is 4. The molecule has 4 nitrogen and oxygen atoms in total. The minimum atomic E-state index is -0.242. The van der Waals surface area contributed by atoms with Crippen LogP contribution < -0.4 is 0 Å². The van der Waals surface area contributed by atoms with Gasteiger partial charge in [0.05, 0.1) is 19.1 Å². The molecule has 142 valence electrons. The summed E-state index contributed by atoms with van der Waals surface area (Å²) in [6, 6.07) is 21.2. The van der Waals surface area contributed by atoms with E-state index >= 15 is 0 Å². The third-order valence-corrected chi connectivity index (χ3v) is 6.20. The van der Waals surface area contributed by atoms with Gasteiger partial charge in [0.1, 0.15) is 6.10 Å². The average Bonchev–Trinajstić information content (AvgIpc) is 2.96. The molecule has 2 aromatic carbocycles. The molecule has 4 rings (SSSR count). The van der Waals surface area contributed by atoms with Gasteiger partial charge >= 0.3 is 5.97 Å². The predicted octanol–water partition coefficient (Wildman–Crippen LogP) is 3.82. The molecule has 4 atom stereocenters. The number of esters is 1. The molecule has 0 radical (unpaired) electrons. The van der Waals surface area contributed by atoms with Crippen LogP contribution in [0.4, 0.5) is 0 Å². The van der Waals surface area contributed by atoms with Gasteiger partial charge in [-0.1, -0.05) is 60.7 Å². The first kappa shape index (κ1) is 18.2. The SMILES string of the molecule is COC(=O)[C@@H]1[C@H]2CCC(C[C@H]1OC(c1ccccc1)c1ccccc1)N2C. The maximum atomic E-state index is 12.6. The molecule has 0 spiro atoms. The fraction of sp³-hybridized carbons (Fsp3) is 0.435. The smallest absolute Gasteiger partial charge is 0.312 e. The Hall–Kier alpha value is -2.17. The van der Waals surface area contributed by atoms with Crippen LogP contribution >= 0.6 is 0 Å². The zero-order chi connectivity index (χ0) is 18.8. The lowest BCUT2D eigenvalue weighted by molar-refractivity contribution is -0.162. The molecular formula is C23H27NO3. The first-order valence-corrected chi connectivity index (χ1v) is 9.74. The fourth-order valence-electron chi connectivity index (χ4n) is 4.79. The van der Waals surface area contributed by atoms with Crippen molar-refractivity contribution in [3.05, 3.63) is 71.8 Å². The molecule has 2 aliphatic rings. The standard InChI is InChI=1S/C23H27NO3/c1-24-18-13-14-19(24)21(23(25)26-2)20(15-18)27-22(16-9-5-3-6-10-16)17-11-7-4-8-12-17/h3-12,18-22H,13-15H2,1-2H3/t18?,19-,20-,21-/m1/s1. The molecule has 1 unspecified atom stereocenters. The van der Waals surface area contributed by atoms with Crippen molar-refractivity contribution in [1.29, 1.82) is 0 Å². The molecule has 2 bridgehead atoms. The lowest BCUT2D eigenvalue weighted by atomic mass is 9.87. The summed E-state index contributed by atoms with van der Waals surface area (Å²) in [7, 11) is 3.60. The van der Waals surface area contributed by atoms with Crippen LogP contribution in [0.2, 0.25) is 0 Å². The molecule has 4 heteroatoms. The Morgan fingerprint density at radius 2 is 1.59 bits per heavy atom. The summed E-state index contributed by atoms with van der Waals surface area (Å²) in [5, 5.41) is 0. The molecule has 0 N–H and O–H groups in total. The van der Waals surface area contributed by atoms with Gasteiger partial charge in [0.15, 0.2) is 0 Å². The number of carbonyl (C=O) groups is 1. The molecule has 2 heterocycles. The Labute approximate surface area is 161 Å². The highest BCUT2D eigenvalue weighted by atomic mass is 16.5. The third kappa shape index (κ3) is 3.52. The van der Waals surface area contributed by atoms with E-state index in [1.165, 1.54) is 7.11 Å². The van der Waals surface area contributed by atoms with E-state index in [0.717, 1.165) is 30.4 Å². The van der Waals surface area contributed by atoms with Crippen LogP contribution in [0.5, 0.6) is 0 Å². The third-order valence-electron chi connectivity index (χ3n) is 6.20. The van der Waals surface area contributed by atoms with Crippen LogP contribution in [0.1, 0.15) is 36.5 Å². The highest BCUT2D eigenvalue weighted by molar-refractivity contribution is 5.74. The van der Waals surface area contributed by atoms with Crippen molar-refractivity contribution in [3.8, 4) is 0 Å². The minimum absolute atomic E-state index is 0.142. The Bertz CT molecular complexity index is 724. The summed E-state index contributed by atoms with van der Waals surface area (Å²) < 4.78 is 11.9. The number of nitrogens with zero attached hydrogens (tertiary/aromatic N) is 1. The molecule has 2 aromatic rings. The number of rotatable bonds is 5. The van der Waals surface area contributed by atoms with Gasteiger partial charge in [-0.15, -0.1) is 0 Å². The van der Waals surface area contributed by atoms with E-state index in [9.17, 15) is 4.79 Å². The summed E-state index contributed by atoms with van der Waals surface area (Å²) in [4.78, 5) is 15.0. The van der Waals surface area contributed by atoms with E-state index in [2.05, 4.69) is 36.2 Å². The molecule has 0 amide bonds. The van der Waals surface area contributed by atoms with E-state index in [1.54, 1.807) is 0 Å². The van der Waals surface area contributed by atoms with Crippen LogP contribution in [0.25, 0.3) is 0 Å². The van der Waals surface area contributed by atoms with Crippen LogP contribution in [-0.4, -0.2) is 43.2 Å². The molecular weight excluding hydrogens is 338 g/mol. The highest BCUT2D eigenvalue weighted by Crippen LogP contribution is 2.42. The lowest BCUT2D eigenvalue weighted by Crippen LogP contribution is -2.53. The molecule has 0 aromatic heterocycles. The van der Waals surface area contributed by atoms with Crippen molar-refractivity contribution in [2.75, 3.05) is 14.2 Å². The summed E-state index contributed by atoms with van der Waals surface area (Å²) in [5.74, 6) is -0.397. The van der Waals surface area contributed by atoms with Gasteiger partial charge in [-0.05, 0) is 37.4 Å². The Balaban J connectivity index is 1.66. The highest BCUT2D eigenvalue weighted by Gasteiger charge is 2.50. The second-order valence-corrected chi connectivity index (χ2v) is 7.62. The topological polar surface area (TPSA) is 38.8 Å². The van der Waals surface area contributed by atoms with Crippen molar-refractivity contribution in [1.82, 2.24) is 4.90 Å². The van der Waals surface area contributed by atoms with Gasteiger partial charge in [0.2, 0.25) is 0 Å². The van der Waals surface area contributed by atoms with Crippen molar-refractivity contribution < 1.29 is 14.3 Å². The van der Waals surface area contributed by atoms with Crippen LogP contribution in [0.3, 0.4) is 0 Å². The van der Waals surface area contributed by atoms with Gasteiger partial charge in [-0.25, -0.2) is 0 Å². The lowest BCUT2D eigenvalue weighted by Gasteiger charge is -2.42. The number of ether oxygens (including phenoxy) is 2. The molecule has 0 saturated carbocycles. The van der Waals surface area contributed by atoms with E-state index in [0.29, 0.717) is 6.04 Å².